The van der Waals surface area contributed by atoms with Gasteiger partial charge in [0.15, 0.2) is 0 Å². The highest BCUT2D eigenvalue weighted by molar-refractivity contribution is 6.29. The van der Waals surface area contributed by atoms with Crippen LogP contribution in [-0.2, 0) is 4.79 Å². The van der Waals surface area contributed by atoms with E-state index in [1.165, 1.54) is 19.3 Å². The molecule has 0 saturated heterocycles. The monoisotopic (exact) mass is 297 g/mol. The molecule has 20 heavy (non-hydrogen) atoms. The van der Waals surface area contributed by atoms with Crippen molar-refractivity contribution in [2.45, 2.75) is 39.5 Å². The lowest BCUT2D eigenvalue weighted by molar-refractivity contribution is -0.116. The minimum atomic E-state index is -0.131. The van der Waals surface area contributed by atoms with Crippen LogP contribution in [0.25, 0.3) is 0 Å². The normalized spacial score (nSPS) is 10.4. The van der Waals surface area contributed by atoms with E-state index in [0.717, 1.165) is 23.4 Å². The average molecular weight is 298 g/mol. The summed E-state index contributed by atoms with van der Waals surface area (Å²) in [6.07, 6.45) is 4.65. The summed E-state index contributed by atoms with van der Waals surface area (Å²) in [5, 5.41) is 0. The lowest BCUT2D eigenvalue weighted by Gasteiger charge is -2.20. The lowest BCUT2D eigenvalue weighted by atomic mass is 10.2. The molecule has 0 bridgehead atoms. The van der Waals surface area contributed by atoms with Crippen molar-refractivity contribution in [2.75, 3.05) is 24.4 Å². The van der Waals surface area contributed by atoms with Crippen LogP contribution in [0.1, 0.15) is 38.2 Å². The summed E-state index contributed by atoms with van der Waals surface area (Å²) in [7, 11) is 1.73. The van der Waals surface area contributed by atoms with E-state index in [1.807, 2.05) is 25.1 Å². The summed E-state index contributed by atoms with van der Waals surface area (Å²) < 4.78 is 5.82. The number of amides is 1. The summed E-state index contributed by atoms with van der Waals surface area (Å²) in [5.41, 5.74) is 1.87. The molecule has 3 nitrogen and oxygen atoms in total. The third-order valence-corrected chi connectivity index (χ3v) is 3.45. The Morgan fingerprint density at radius 2 is 2.05 bits per heavy atom. The van der Waals surface area contributed by atoms with Gasteiger partial charge >= 0.3 is 0 Å². The van der Waals surface area contributed by atoms with Gasteiger partial charge in [0.2, 0.25) is 5.91 Å². The summed E-state index contributed by atoms with van der Waals surface area (Å²) in [5.74, 6) is 0.585. The lowest BCUT2D eigenvalue weighted by Crippen LogP contribution is -2.27. The number of benzene rings is 1. The van der Waals surface area contributed by atoms with E-state index in [1.54, 1.807) is 11.9 Å². The van der Waals surface area contributed by atoms with Crippen molar-refractivity contribution >= 4 is 23.2 Å². The third-order valence-electron chi connectivity index (χ3n) is 3.22. The maximum absolute atomic E-state index is 11.7. The fraction of sp³-hybridized carbons (Fsp3) is 0.562. The number of alkyl halides is 1. The number of hydrogen-bond acceptors (Lipinski definition) is 2. The average Bonchev–Trinajstić information content (AvgIpc) is 2.46. The van der Waals surface area contributed by atoms with Gasteiger partial charge in [-0.3, -0.25) is 4.79 Å². The molecule has 1 rings (SSSR count). The Kier molecular flexibility index (Phi) is 7.45. The summed E-state index contributed by atoms with van der Waals surface area (Å²) in [6, 6.07) is 5.86. The van der Waals surface area contributed by atoms with E-state index in [-0.39, 0.29) is 11.8 Å². The van der Waals surface area contributed by atoms with Gasteiger partial charge in [0, 0.05) is 7.05 Å². The van der Waals surface area contributed by atoms with Gasteiger partial charge in [-0.15, -0.1) is 11.6 Å². The molecule has 112 valence electrons. The Bertz CT molecular complexity index is 434. The molecule has 0 radical (unpaired) electrons. The first-order valence-corrected chi connectivity index (χ1v) is 7.69. The Labute approximate surface area is 126 Å². The van der Waals surface area contributed by atoms with E-state index >= 15 is 0 Å². The largest absolute Gasteiger partial charge is 0.491 e. The Hall–Kier alpha value is -1.22. The smallest absolute Gasteiger partial charge is 0.241 e. The number of hydrogen-bond donors (Lipinski definition) is 0. The Morgan fingerprint density at radius 3 is 2.70 bits per heavy atom. The van der Waals surface area contributed by atoms with Crippen LogP contribution in [0.4, 0.5) is 5.69 Å². The van der Waals surface area contributed by atoms with Crippen molar-refractivity contribution in [2.24, 2.45) is 0 Å². The van der Waals surface area contributed by atoms with Crippen molar-refractivity contribution in [3.63, 3.8) is 0 Å². The second-order valence-electron chi connectivity index (χ2n) is 4.97. The molecule has 0 saturated carbocycles. The molecule has 4 heteroatoms. The van der Waals surface area contributed by atoms with E-state index in [2.05, 4.69) is 6.92 Å². The van der Waals surface area contributed by atoms with E-state index in [4.69, 9.17) is 16.3 Å². The second kappa shape index (κ2) is 8.85. The first kappa shape index (κ1) is 16.8. The second-order valence-corrected chi connectivity index (χ2v) is 5.23. The van der Waals surface area contributed by atoms with Gasteiger partial charge < -0.3 is 9.64 Å². The van der Waals surface area contributed by atoms with E-state index in [0.29, 0.717) is 6.61 Å². The van der Waals surface area contributed by atoms with Gasteiger partial charge in [-0.2, -0.15) is 0 Å². The molecule has 1 amide bonds. The highest BCUT2D eigenvalue weighted by Crippen LogP contribution is 2.29. The quantitative estimate of drug-likeness (QED) is 0.533. The Morgan fingerprint density at radius 1 is 1.30 bits per heavy atom. The number of carbonyl (C=O) groups is 1. The van der Waals surface area contributed by atoms with Crippen molar-refractivity contribution in [1.29, 1.82) is 0 Å². The van der Waals surface area contributed by atoms with Crippen molar-refractivity contribution in [1.82, 2.24) is 0 Å². The summed E-state index contributed by atoms with van der Waals surface area (Å²) in [6.45, 7) is 4.86. The predicted octanol–water partition coefficient (Wildman–Crippen LogP) is 4.16. The topological polar surface area (TPSA) is 29.5 Å². The van der Waals surface area contributed by atoms with Crippen LogP contribution >= 0.6 is 11.6 Å². The van der Waals surface area contributed by atoms with Crippen LogP contribution in [0.5, 0.6) is 5.75 Å². The van der Waals surface area contributed by atoms with Gasteiger partial charge in [0.1, 0.15) is 11.6 Å². The number of ether oxygens (including phenoxy) is 1. The van der Waals surface area contributed by atoms with Crippen LogP contribution in [0.3, 0.4) is 0 Å². The molecule has 0 unspecified atom stereocenters. The highest BCUT2D eigenvalue weighted by atomic mass is 35.5. The number of carbonyl (C=O) groups excluding carboxylic acids is 1. The van der Waals surface area contributed by atoms with Crippen molar-refractivity contribution < 1.29 is 9.53 Å². The van der Waals surface area contributed by atoms with Crippen LogP contribution in [-0.4, -0.2) is 25.4 Å². The summed E-state index contributed by atoms with van der Waals surface area (Å²) >= 11 is 5.62. The van der Waals surface area contributed by atoms with Crippen LogP contribution in [0.2, 0.25) is 0 Å². The summed E-state index contributed by atoms with van der Waals surface area (Å²) in [4.78, 5) is 13.3. The number of nitrogens with zero attached hydrogens (tertiary/aromatic N) is 1. The molecule has 0 aliphatic rings. The fourth-order valence-electron chi connectivity index (χ4n) is 1.95. The number of aryl methyl sites for hydroxylation is 1. The van der Waals surface area contributed by atoms with Gasteiger partial charge in [0.25, 0.3) is 0 Å². The Balaban J connectivity index is 2.72. The highest BCUT2D eigenvalue weighted by Gasteiger charge is 2.14. The minimum Gasteiger partial charge on any atom is -0.491 e. The number of halogens is 1. The first-order valence-electron chi connectivity index (χ1n) is 7.16. The third kappa shape index (κ3) is 5.04. The van der Waals surface area contributed by atoms with Crippen molar-refractivity contribution in [3.05, 3.63) is 23.8 Å². The van der Waals surface area contributed by atoms with Gasteiger partial charge in [-0.25, -0.2) is 0 Å². The van der Waals surface area contributed by atoms with Crippen LogP contribution < -0.4 is 9.64 Å². The van der Waals surface area contributed by atoms with E-state index < -0.39 is 0 Å². The molecular weight excluding hydrogens is 274 g/mol. The molecule has 0 N–H and O–H groups in total. The molecule has 0 aliphatic heterocycles. The number of rotatable bonds is 8. The maximum atomic E-state index is 11.7. The standard InChI is InChI=1S/C16H24ClNO2/c1-4-5-6-7-10-20-15-9-8-13(2)11-14(15)18(3)16(19)12-17/h8-9,11H,4-7,10,12H2,1-3H3. The molecule has 0 aromatic heterocycles. The predicted molar refractivity (Wildman–Crippen MR) is 84.9 cm³/mol. The maximum Gasteiger partial charge on any atom is 0.241 e. The van der Waals surface area contributed by atoms with Crippen molar-refractivity contribution in [3.8, 4) is 5.75 Å². The molecule has 0 atom stereocenters. The molecule has 0 aliphatic carbocycles. The van der Waals surface area contributed by atoms with Crippen LogP contribution in [0.15, 0.2) is 18.2 Å². The number of anilines is 1. The zero-order chi connectivity index (χ0) is 15.0. The first-order chi connectivity index (χ1) is 9.60. The molecule has 0 spiro atoms. The molecule has 0 heterocycles. The van der Waals surface area contributed by atoms with Crippen LogP contribution in [0, 0.1) is 6.92 Å². The minimum absolute atomic E-state index is 0.0274. The van der Waals surface area contributed by atoms with Gasteiger partial charge in [0.05, 0.1) is 12.3 Å². The fourth-order valence-corrected chi connectivity index (χ4v) is 2.13. The zero-order valence-electron chi connectivity index (χ0n) is 12.6. The SMILES string of the molecule is CCCCCCOc1ccc(C)cc1N(C)C(=O)CCl. The van der Waals surface area contributed by atoms with Gasteiger partial charge in [-0.1, -0.05) is 32.3 Å². The molecule has 0 fully saturated rings. The van der Waals surface area contributed by atoms with Gasteiger partial charge in [-0.05, 0) is 31.0 Å². The molecular formula is C16H24ClNO2. The van der Waals surface area contributed by atoms with E-state index in [9.17, 15) is 4.79 Å². The molecule has 1 aromatic carbocycles. The zero-order valence-corrected chi connectivity index (χ0v) is 13.4. The molecule has 1 aromatic rings. The number of unbranched alkanes of at least 4 members (excludes halogenated alkanes) is 3.